The molecular weight excluding hydrogens is 332 g/mol. The third-order valence-electron chi connectivity index (χ3n) is 4.36. The molecule has 0 aliphatic rings. The van der Waals surface area contributed by atoms with Gasteiger partial charge in [0.25, 0.3) is 0 Å². The lowest BCUT2D eigenvalue weighted by Crippen LogP contribution is -2.13. The van der Waals surface area contributed by atoms with Crippen molar-refractivity contribution in [2.24, 2.45) is 0 Å². The minimum atomic E-state index is 0.617. The molecule has 0 radical (unpaired) electrons. The van der Waals surface area contributed by atoms with E-state index in [1.807, 2.05) is 42.6 Å². The number of aryl methyl sites for hydroxylation is 1. The van der Waals surface area contributed by atoms with Gasteiger partial charge in [0.05, 0.1) is 26.5 Å². The van der Waals surface area contributed by atoms with Gasteiger partial charge in [0.2, 0.25) is 0 Å². The van der Waals surface area contributed by atoms with Gasteiger partial charge < -0.3 is 19.5 Å². The van der Waals surface area contributed by atoms with Crippen LogP contribution in [-0.2, 0) is 4.74 Å². The van der Waals surface area contributed by atoms with Crippen LogP contribution >= 0.6 is 0 Å². The van der Waals surface area contributed by atoms with Gasteiger partial charge in [-0.1, -0.05) is 0 Å². The quantitative estimate of drug-likeness (QED) is 0.656. The predicted octanol–water partition coefficient (Wildman–Crippen LogP) is 3.09. The average Bonchev–Trinajstić information content (AvgIpc) is 3.07. The lowest BCUT2D eigenvalue weighted by Gasteiger charge is -2.12. The summed E-state index contributed by atoms with van der Waals surface area (Å²) in [6.45, 7) is 5.35. The van der Waals surface area contributed by atoms with E-state index >= 15 is 0 Å². The molecule has 0 aliphatic heterocycles. The number of benzene rings is 1. The monoisotopic (exact) mass is 356 g/mol. The fourth-order valence-corrected chi connectivity index (χ4v) is 2.82. The smallest absolute Gasteiger partial charge is 0.161 e. The summed E-state index contributed by atoms with van der Waals surface area (Å²) in [6, 6.07) is 7.72. The Balaban J connectivity index is 2.07. The van der Waals surface area contributed by atoms with Crippen LogP contribution in [0, 0.1) is 13.8 Å². The molecule has 0 fully saturated rings. The van der Waals surface area contributed by atoms with E-state index in [2.05, 4.69) is 10.3 Å². The van der Waals surface area contributed by atoms with Crippen LogP contribution in [0.1, 0.15) is 11.3 Å². The zero-order chi connectivity index (χ0) is 18.7. The van der Waals surface area contributed by atoms with Crippen LogP contribution in [-0.4, -0.2) is 49.1 Å². The minimum Gasteiger partial charge on any atom is -0.493 e. The number of hydrogen-bond donors (Lipinski definition) is 1. The molecule has 2 heterocycles. The maximum absolute atomic E-state index is 5.40. The van der Waals surface area contributed by atoms with E-state index in [1.54, 1.807) is 21.3 Å². The highest BCUT2D eigenvalue weighted by Crippen LogP contribution is 2.32. The third-order valence-corrected chi connectivity index (χ3v) is 4.36. The number of fused-ring (bicyclic) bond motifs is 1. The van der Waals surface area contributed by atoms with Crippen LogP contribution in [0.4, 0.5) is 5.82 Å². The molecule has 0 saturated carbocycles. The van der Waals surface area contributed by atoms with Crippen LogP contribution in [0.2, 0.25) is 0 Å². The highest BCUT2D eigenvalue weighted by Gasteiger charge is 2.14. The van der Waals surface area contributed by atoms with Crippen molar-refractivity contribution in [2.45, 2.75) is 13.8 Å². The number of nitrogens with zero attached hydrogens (tertiary/aromatic N) is 3. The number of ether oxygens (including phenoxy) is 3. The number of methoxy groups -OCH3 is 3. The summed E-state index contributed by atoms with van der Waals surface area (Å²) >= 11 is 0. The van der Waals surface area contributed by atoms with E-state index in [-0.39, 0.29) is 0 Å². The van der Waals surface area contributed by atoms with E-state index in [1.165, 1.54) is 0 Å². The van der Waals surface area contributed by atoms with E-state index in [0.29, 0.717) is 24.7 Å². The van der Waals surface area contributed by atoms with Crippen molar-refractivity contribution in [1.82, 2.24) is 14.6 Å². The lowest BCUT2D eigenvalue weighted by atomic mass is 10.1. The molecule has 0 saturated heterocycles. The highest BCUT2D eigenvalue weighted by molar-refractivity contribution is 5.69. The van der Waals surface area contributed by atoms with Gasteiger partial charge >= 0.3 is 0 Å². The van der Waals surface area contributed by atoms with Crippen LogP contribution in [0.25, 0.3) is 16.9 Å². The standard InChI is InChI=1S/C19H24N4O3/c1-12-13(2)21-18-11-15(22-23(18)19(12)20-8-9-24-3)14-6-7-16(25-4)17(10-14)26-5/h6-7,10-11,20H,8-9H2,1-5H3. The molecule has 7 heteroatoms. The van der Waals surface area contributed by atoms with Gasteiger partial charge in [-0.3, -0.25) is 0 Å². The van der Waals surface area contributed by atoms with Crippen LogP contribution in [0.15, 0.2) is 24.3 Å². The van der Waals surface area contributed by atoms with Crippen LogP contribution in [0.3, 0.4) is 0 Å². The van der Waals surface area contributed by atoms with Crippen molar-refractivity contribution in [3.63, 3.8) is 0 Å². The van der Waals surface area contributed by atoms with Crippen molar-refractivity contribution < 1.29 is 14.2 Å². The second kappa shape index (κ2) is 7.61. The number of rotatable bonds is 7. The Morgan fingerprint density at radius 3 is 2.50 bits per heavy atom. The molecular formula is C19H24N4O3. The maximum atomic E-state index is 5.40. The van der Waals surface area contributed by atoms with Crippen molar-refractivity contribution in [1.29, 1.82) is 0 Å². The molecule has 3 aromatic rings. The molecule has 1 aromatic carbocycles. The van der Waals surface area contributed by atoms with E-state index in [0.717, 1.165) is 34.0 Å². The summed E-state index contributed by atoms with van der Waals surface area (Å²) in [4.78, 5) is 4.66. The molecule has 0 atom stereocenters. The SMILES string of the molecule is COCCNc1c(C)c(C)nc2cc(-c3ccc(OC)c(OC)c3)nn12. The summed E-state index contributed by atoms with van der Waals surface area (Å²) in [7, 11) is 4.93. The van der Waals surface area contributed by atoms with E-state index < -0.39 is 0 Å². The third kappa shape index (κ3) is 3.30. The van der Waals surface area contributed by atoms with E-state index in [9.17, 15) is 0 Å². The summed E-state index contributed by atoms with van der Waals surface area (Å²) < 4.78 is 17.7. The number of hydrogen-bond acceptors (Lipinski definition) is 6. The van der Waals surface area contributed by atoms with Gasteiger partial charge in [0.1, 0.15) is 5.82 Å². The van der Waals surface area contributed by atoms with Crippen molar-refractivity contribution in [2.75, 3.05) is 39.8 Å². The second-order valence-corrected chi connectivity index (χ2v) is 5.96. The Labute approximate surface area is 152 Å². The molecule has 0 amide bonds. The minimum absolute atomic E-state index is 0.617. The van der Waals surface area contributed by atoms with Crippen molar-refractivity contribution in [3.05, 3.63) is 35.5 Å². The zero-order valence-corrected chi connectivity index (χ0v) is 15.8. The average molecular weight is 356 g/mol. The summed E-state index contributed by atoms with van der Waals surface area (Å²) in [6.07, 6.45) is 0. The van der Waals surface area contributed by atoms with E-state index in [4.69, 9.17) is 19.3 Å². The first-order chi connectivity index (χ1) is 12.6. The van der Waals surface area contributed by atoms with Crippen LogP contribution < -0.4 is 14.8 Å². The zero-order valence-electron chi connectivity index (χ0n) is 15.8. The Bertz CT molecular complexity index is 921. The Morgan fingerprint density at radius 1 is 1.04 bits per heavy atom. The molecule has 0 unspecified atom stereocenters. The molecule has 1 N–H and O–H groups in total. The first-order valence-corrected chi connectivity index (χ1v) is 8.41. The molecule has 138 valence electrons. The topological polar surface area (TPSA) is 69.9 Å². The normalized spacial score (nSPS) is 11.0. The number of nitrogens with one attached hydrogen (secondary N) is 1. The molecule has 7 nitrogen and oxygen atoms in total. The highest BCUT2D eigenvalue weighted by atomic mass is 16.5. The summed E-state index contributed by atoms with van der Waals surface area (Å²) in [5.41, 5.74) is 4.58. The first-order valence-electron chi connectivity index (χ1n) is 8.41. The van der Waals surface area contributed by atoms with Gasteiger partial charge in [0.15, 0.2) is 17.1 Å². The van der Waals surface area contributed by atoms with Crippen molar-refractivity contribution >= 4 is 11.5 Å². The fourth-order valence-electron chi connectivity index (χ4n) is 2.82. The van der Waals surface area contributed by atoms with Gasteiger partial charge in [-0.25, -0.2) is 4.98 Å². The van der Waals surface area contributed by atoms with Crippen molar-refractivity contribution in [3.8, 4) is 22.8 Å². The van der Waals surface area contributed by atoms with Gasteiger partial charge in [-0.05, 0) is 32.0 Å². The van der Waals surface area contributed by atoms with Gasteiger partial charge in [-0.2, -0.15) is 9.61 Å². The van der Waals surface area contributed by atoms with Crippen LogP contribution in [0.5, 0.6) is 11.5 Å². The molecule has 26 heavy (non-hydrogen) atoms. The summed E-state index contributed by atoms with van der Waals surface area (Å²) in [5.74, 6) is 2.28. The van der Waals surface area contributed by atoms with Gasteiger partial charge in [0, 0.05) is 36.5 Å². The fraction of sp³-hybridized carbons (Fsp3) is 0.368. The first kappa shape index (κ1) is 18.0. The lowest BCUT2D eigenvalue weighted by molar-refractivity contribution is 0.210. The Hall–Kier alpha value is -2.80. The Kier molecular flexibility index (Phi) is 5.27. The second-order valence-electron chi connectivity index (χ2n) is 5.96. The molecule has 0 bridgehead atoms. The van der Waals surface area contributed by atoms with Gasteiger partial charge in [-0.15, -0.1) is 0 Å². The largest absolute Gasteiger partial charge is 0.493 e. The maximum Gasteiger partial charge on any atom is 0.161 e. The number of anilines is 1. The molecule has 2 aromatic heterocycles. The predicted molar refractivity (Wildman–Crippen MR) is 101 cm³/mol. The molecule has 0 spiro atoms. The Morgan fingerprint density at radius 2 is 1.81 bits per heavy atom. The summed E-state index contributed by atoms with van der Waals surface area (Å²) in [5, 5.41) is 8.14. The molecule has 3 rings (SSSR count). The number of aromatic nitrogens is 3. The molecule has 0 aliphatic carbocycles.